The maximum Gasteiger partial charge on any atom is 0.278 e. The van der Waals surface area contributed by atoms with E-state index in [9.17, 15) is 8.42 Å². The molecule has 1 aromatic rings. The number of piperidine rings is 1. The molecule has 2 N–H and O–H groups in total. The monoisotopic (exact) mass is 292 g/mol. The summed E-state index contributed by atoms with van der Waals surface area (Å²) in [6.45, 7) is 1.63. The Labute approximate surface area is 113 Å². The van der Waals surface area contributed by atoms with E-state index in [0.717, 1.165) is 12.8 Å². The molecule has 0 aromatic carbocycles. The summed E-state index contributed by atoms with van der Waals surface area (Å²) >= 11 is 0. The third-order valence-corrected chi connectivity index (χ3v) is 4.74. The van der Waals surface area contributed by atoms with E-state index >= 15 is 0 Å². The molecule has 1 saturated heterocycles. The Balaban J connectivity index is 0.00000162. The van der Waals surface area contributed by atoms with Crippen LogP contribution in [0.15, 0.2) is 23.6 Å². The van der Waals surface area contributed by atoms with Gasteiger partial charge in [-0.1, -0.05) is 0 Å². The van der Waals surface area contributed by atoms with Crippen molar-refractivity contribution in [3.05, 3.63) is 18.5 Å². The van der Waals surface area contributed by atoms with Gasteiger partial charge in [-0.05, 0) is 31.4 Å². The second kappa shape index (κ2) is 6.42. The van der Waals surface area contributed by atoms with Gasteiger partial charge in [-0.25, -0.2) is 18.4 Å². The zero-order valence-electron chi connectivity index (χ0n) is 9.90. The Hall–Kier alpha value is -0.760. The summed E-state index contributed by atoms with van der Waals surface area (Å²) in [6.07, 6.45) is 4.49. The van der Waals surface area contributed by atoms with Gasteiger partial charge < -0.3 is 5.73 Å². The Morgan fingerprint density at radius 1 is 1.28 bits per heavy atom. The highest BCUT2D eigenvalue weighted by atomic mass is 35.5. The van der Waals surface area contributed by atoms with E-state index in [-0.39, 0.29) is 17.6 Å². The molecule has 0 bridgehead atoms. The van der Waals surface area contributed by atoms with Crippen molar-refractivity contribution in [2.24, 2.45) is 11.7 Å². The van der Waals surface area contributed by atoms with Gasteiger partial charge in [0.05, 0.1) is 0 Å². The van der Waals surface area contributed by atoms with Gasteiger partial charge in [0.2, 0.25) is 0 Å². The fourth-order valence-electron chi connectivity index (χ4n) is 1.92. The van der Waals surface area contributed by atoms with Crippen molar-refractivity contribution in [3.8, 4) is 0 Å². The molecule has 1 aliphatic rings. The van der Waals surface area contributed by atoms with Crippen LogP contribution < -0.4 is 5.73 Å². The molecule has 8 heteroatoms. The molecule has 1 aliphatic heterocycles. The maximum absolute atomic E-state index is 12.2. The number of hydrogen-bond acceptors (Lipinski definition) is 5. The Bertz CT molecular complexity index is 460. The fraction of sp³-hybridized carbons (Fsp3) is 0.600. The maximum atomic E-state index is 12.2. The zero-order chi connectivity index (χ0) is 12.3. The van der Waals surface area contributed by atoms with Crippen LogP contribution in [0.1, 0.15) is 12.8 Å². The number of nitrogens with two attached hydrogens (primary N) is 1. The number of rotatable bonds is 3. The van der Waals surface area contributed by atoms with Gasteiger partial charge in [0.15, 0.2) is 0 Å². The third kappa shape index (κ3) is 3.17. The molecule has 0 saturated carbocycles. The zero-order valence-corrected chi connectivity index (χ0v) is 11.5. The summed E-state index contributed by atoms with van der Waals surface area (Å²) in [4.78, 5) is 7.60. The highest BCUT2D eigenvalue weighted by molar-refractivity contribution is 7.88. The van der Waals surface area contributed by atoms with Crippen LogP contribution in [0.5, 0.6) is 0 Å². The summed E-state index contributed by atoms with van der Waals surface area (Å²) in [5.74, 6) is 0.429. The van der Waals surface area contributed by atoms with E-state index in [1.807, 2.05) is 0 Å². The van der Waals surface area contributed by atoms with Crippen molar-refractivity contribution in [1.82, 2.24) is 14.3 Å². The Morgan fingerprint density at radius 3 is 2.33 bits per heavy atom. The summed E-state index contributed by atoms with van der Waals surface area (Å²) in [7, 11) is -3.52. The van der Waals surface area contributed by atoms with Crippen LogP contribution >= 0.6 is 12.4 Å². The van der Waals surface area contributed by atoms with Gasteiger partial charge in [0.25, 0.3) is 15.2 Å². The van der Waals surface area contributed by atoms with Crippen LogP contribution in [0, 0.1) is 5.92 Å². The van der Waals surface area contributed by atoms with E-state index in [2.05, 4.69) is 9.97 Å². The summed E-state index contributed by atoms with van der Waals surface area (Å²) in [5.41, 5.74) is 5.58. The average molecular weight is 293 g/mol. The van der Waals surface area contributed by atoms with E-state index in [1.165, 1.54) is 16.7 Å². The van der Waals surface area contributed by atoms with Crippen molar-refractivity contribution >= 4 is 22.4 Å². The van der Waals surface area contributed by atoms with Crippen molar-refractivity contribution in [3.63, 3.8) is 0 Å². The van der Waals surface area contributed by atoms with E-state index in [1.54, 1.807) is 6.07 Å². The van der Waals surface area contributed by atoms with Crippen LogP contribution in [0.3, 0.4) is 0 Å². The first-order valence-corrected chi connectivity index (χ1v) is 7.06. The minimum Gasteiger partial charge on any atom is -0.330 e. The van der Waals surface area contributed by atoms with Crippen LogP contribution in [0.25, 0.3) is 0 Å². The SMILES string of the molecule is Cl.NCC1CCN(S(=O)(=O)c2ncccn2)CC1. The molecule has 18 heavy (non-hydrogen) atoms. The van der Waals surface area contributed by atoms with Crippen molar-refractivity contribution in [1.29, 1.82) is 0 Å². The topological polar surface area (TPSA) is 89.2 Å². The predicted octanol–water partition coefficient (Wildman–Crippen LogP) is 0.258. The van der Waals surface area contributed by atoms with E-state index < -0.39 is 10.0 Å². The summed E-state index contributed by atoms with van der Waals surface area (Å²) in [5, 5.41) is -0.119. The highest BCUT2D eigenvalue weighted by Gasteiger charge is 2.30. The minimum atomic E-state index is -3.52. The molecule has 1 fully saturated rings. The second-order valence-electron chi connectivity index (χ2n) is 4.11. The predicted molar refractivity (Wildman–Crippen MR) is 69.8 cm³/mol. The summed E-state index contributed by atoms with van der Waals surface area (Å²) in [6, 6.07) is 1.60. The molecule has 0 amide bonds. The number of aromatic nitrogens is 2. The van der Waals surface area contributed by atoms with Crippen LogP contribution in [-0.4, -0.2) is 42.3 Å². The molecule has 102 valence electrons. The van der Waals surface area contributed by atoms with Crippen molar-refractivity contribution in [2.75, 3.05) is 19.6 Å². The lowest BCUT2D eigenvalue weighted by molar-refractivity contribution is 0.277. The third-order valence-electron chi connectivity index (χ3n) is 3.02. The molecule has 0 spiro atoms. The van der Waals surface area contributed by atoms with Gasteiger partial charge in [-0.3, -0.25) is 0 Å². The lowest BCUT2D eigenvalue weighted by atomic mass is 9.99. The molecule has 2 rings (SSSR count). The normalized spacial score (nSPS) is 18.3. The Morgan fingerprint density at radius 2 is 1.83 bits per heavy atom. The van der Waals surface area contributed by atoms with Crippen molar-refractivity contribution in [2.45, 2.75) is 18.0 Å². The molecule has 6 nitrogen and oxygen atoms in total. The van der Waals surface area contributed by atoms with Crippen LogP contribution in [-0.2, 0) is 10.0 Å². The lowest BCUT2D eigenvalue weighted by Gasteiger charge is -2.29. The first kappa shape index (κ1) is 15.3. The standard InChI is InChI=1S/C10H16N4O2S.ClH/c11-8-9-2-6-14(7-3-9)17(15,16)10-12-4-1-5-13-10;/h1,4-5,9H,2-3,6-8,11H2;1H. The molecule has 0 atom stereocenters. The molecule has 0 unspecified atom stereocenters. The molecule has 2 heterocycles. The smallest absolute Gasteiger partial charge is 0.278 e. The average Bonchev–Trinajstić information content (AvgIpc) is 2.40. The number of hydrogen-bond donors (Lipinski definition) is 1. The molecule has 0 radical (unpaired) electrons. The fourth-order valence-corrected chi connectivity index (χ4v) is 3.23. The van der Waals surface area contributed by atoms with Crippen molar-refractivity contribution < 1.29 is 8.42 Å². The minimum absolute atomic E-state index is 0. The van der Waals surface area contributed by atoms with Crippen LogP contribution in [0.2, 0.25) is 0 Å². The van der Waals surface area contributed by atoms with E-state index in [4.69, 9.17) is 5.73 Å². The lowest BCUT2D eigenvalue weighted by Crippen LogP contribution is -2.40. The first-order valence-electron chi connectivity index (χ1n) is 5.62. The first-order chi connectivity index (χ1) is 8.14. The van der Waals surface area contributed by atoms with Gasteiger partial charge in [0, 0.05) is 25.5 Å². The number of nitrogens with zero attached hydrogens (tertiary/aromatic N) is 3. The Kier molecular flexibility index (Phi) is 5.46. The van der Waals surface area contributed by atoms with Gasteiger partial charge >= 0.3 is 0 Å². The molecule has 1 aromatic heterocycles. The quantitative estimate of drug-likeness (QED) is 0.807. The molecule has 0 aliphatic carbocycles. The number of halogens is 1. The second-order valence-corrected chi connectivity index (χ2v) is 5.95. The van der Waals surface area contributed by atoms with Gasteiger partial charge in [-0.2, -0.15) is 4.31 Å². The summed E-state index contributed by atoms with van der Waals surface area (Å²) < 4.78 is 25.7. The highest BCUT2D eigenvalue weighted by Crippen LogP contribution is 2.20. The largest absolute Gasteiger partial charge is 0.330 e. The molecular weight excluding hydrogens is 276 g/mol. The van der Waals surface area contributed by atoms with Crippen LogP contribution in [0.4, 0.5) is 0 Å². The van der Waals surface area contributed by atoms with E-state index in [0.29, 0.717) is 25.6 Å². The van der Waals surface area contributed by atoms with Gasteiger partial charge in [0.1, 0.15) is 0 Å². The number of sulfonamides is 1. The molecular formula is C10H17ClN4O2S. The van der Waals surface area contributed by atoms with Gasteiger partial charge in [-0.15, -0.1) is 12.4 Å².